The summed E-state index contributed by atoms with van der Waals surface area (Å²) in [5.41, 5.74) is 5.02. The van der Waals surface area contributed by atoms with Gasteiger partial charge in [0.1, 0.15) is 0 Å². The summed E-state index contributed by atoms with van der Waals surface area (Å²) in [7, 11) is 0. The molecule has 0 amide bonds. The fourth-order valence-corrected chi connectivity index (χ4v) is 2.68. The Morgan fingerprint density at radius 1 is 1.37 bits per heavy atom. The molecule has 19 heavy (non-hydrogen) atoms. The Balaban J connectivity index is 1.97. The zero-order chi connectivity index (χ0) is 13.7. The molecule has 0 radical (unpaired) electrons. The maximum atomic E-state index is 5.87. The van der Waals surface area contributed by atoms with Crippen molar-refractivity contribution in [3.05, 3.63) is 39.5 Å². The fourth-order valence-electron chi connectivity index (χ4n) is 1.77. The molecule has 0 atom stereocenters. The van der Waals surface area contributed by atoms with Gasteiger partial charge in [-0.2, -0.15) is 0 Å². The molecule has 2 aromatic heterocycles. The maximum Gasteiger partial charge on any atom is 0.213 e. The van der Waals surface area contributed by atoms with Gasteiger partial charge in [0.15, 0.2) is 0 Å². The van der Waals surface area contributed by atoms with E-state index >= 15 is 0 Å². The van der Waals surface area contributed by atoms with Crippen molar-refractivity contribution in [2.45, 2.75) is 32.6 Å². The first kappa shape index (κ1) is 14.3. The monoisotopic (exact) mass is 296 g/mol. The Bertz CT molecular complexity index is 520. The van der Waals surface area contributed by atoms with Crippen molar-refractivity contribution in [1.29, 1.82) is 0 Å². The van der Waals surface area contributed by atoms with E-state index in [1.165, 1.54) is 4.88 Å². The summed E-state index contributed by atoms with van der Waals surface area (Å²) in [4.78, 5) is 9.94. The van der Waals surface area contributed by atoms with Gasteiger partial charge < -0.3 is 4.74 Å². The first-order chi connectivity index (χ1) is 9.22. The number of alkyl halides is 1. The van der Waals surface area contributed by atoms with Crippen LogP contribution in [0.1, 0.15) is 28.8 Å². The molecule has 0 aliphatic carbocycles. The van der Waals surface area contributed by atoms with Crippen LogP contribution in [0, 0.1) is 6.92 Å². The van der Waals surface area contributed by atoms with Crippen LogP contribution in [-0.4, -0.2) is 16.6 Å². The third-order valence-electron chi connectivity index (χ3n) is 2.86. The van der Waals surface area contributed by atoms with E-state index in [1.54, 1.807) is 11.3 Å². The van der Waals surface area contributed by atoms with E-state index in [2.05, 4.69) is 16.9 Å². The summed E-state index contributed by atoms with van der Waals surface area (Å²) in [6.07, 6.45) is 1.75. The van der Waals surface area contributed by atoms with E-state index in [4.69, 9.17) is 16.3 Å². The number of rotatable bonds is 6. The van der Waals surface area contributed by atoms with Gasteiger partial charge >= 0.3 is 0 Å². The third-order valence-corrected chi connectivity index (χ3v) is 4.16. The van der Waals surface area contributed by atoms with E-state index in [-0.39, 0.29) is 0 Å². The first-order valence-corrected chi connectivity index (χ1v) is 7.72. The van der Waals surface area contributed by atoms with E-state index in [0.717, 1.165) is 29.8 Å². The highest BCUT2D eigenvalue weighted by molar-refractivity contribution is 7.09. The highest BCUT2D eigenvalue weighted by Gasteiger charge is 2.05. The Morgan fingerprint density at radius 2 is 2.21 bits per heavy atom. The zero-order valence-corrected chi connectivity index (χ0v) is 12.7. The lowest BCUT2D eigenvalue weighted by Gasteiger charge is -2.08. The van der Waals surface area contributed by atoms with E-state index < -0.39 is 0 Å². The van der Waals surface area contributed by atoms with Crippen molar-refractivity contribution in [3.8, 4) is 5.88 Å². The van der Waals surface area contributed by atoms with Crippen LogP contribution in [-0.2, 0) is 18.7 Å². The highest BCUT2D eigenvalue weighted by atomic mass is 35.5. The van der Waals surface area contributed by atoms with Gasteiger partial charge in [-0.1, -0.05) is 6.92 Å². The molecule has 0 saturated carbocycles. The molecule has 0 fully saturated rings. The molecule has 0 saturated heterocycles. The van der Waals surface area contributed by atoms with Gasteiger partial charge in [-0.25, -0.2) is 9.97 Å². The molecular formula is C14H17ClN2OS. The van der Waals surface area contributed by atoms with Crippen molar-refractivity contribution in [2.75, 3.05) is 6.61 Å². The molecule has 0 spiro atoms. The van der Waals surface area contributed by atoms with Crippen LogP contribution < -0.4 is 4.74 Å². The van der Waals surface area contributed by atoms with Crippen molar-refractivity contribution >= 4 is 22.9 Å². The van der Waals surface area contributed by atoms with Crippen molar-refractivity contribution in [3.63, 3.8) is 0 Å². The van der Waals surface area contributed by atoms with Gasteiger partial charge in [0.05, 0.1) is 17.8 Å². The minimum absolute atomic E-state index is 0.486. The van der Waals surface area contributed by atoms with Gasteiger partial charge in [0.2, 0.25) is 5.88 Å². The smallest absolute Gasteiger partial charge is 0.213 e. The lowest BCUT2D eigenvalue weighted by molar-refractivity contribution is 0.309. The van der Waals surface area contributed by atoms with Gasteiger partial charge in [-0.3, -0.25) is 0 Å². The number of aryl methyl sites for hydroxylation is 2. The minimum atomic E-state index is 0.486. The normalized spacial score (nSPS) is 10.7. The Hall–Kier alpha value is -1.13. The summed E-state index contributed by atoms with van der Waals surface area (Å²) in [5.74, 6) is 1.15. The molecule has 3 nitrogen and oxygen atoms in total. The number of pyridine rings is 1. The van der Waals surface area contributed by atoms with Gasteiger partial charge in [-0.15, -0.1) is 22.9 Å². The molecule has 2 heterocycles. The van der Waals surface area contributed by atoms with Crippen LogP contribution in [0.3, 0.4) is 0 Å². The molecule has 5 heteroatoms. The maximum absolute atomic E-state index is 5.87. The number of hydrogen-bond donors (Lipinski definition) is 0. The van der Waals surface area contributed by atoms with E-state index in [1.807, 2.05) is 24.6 Å². The SMILES string of the molecule is CCc1cc(CCl)cc(OCCc2scnc2C)n1. The van der Waals surface area contributed by atoms with Crippen molar-refractivity contribution in [1.82, 2.24) is 9.97 Å². The fraction of sp³-hybridized carbons (Fsp3) is 0.429. The van der Waals surface area contributed by atoms with Crippen LogP contribution in [0.4, 0.5) is 0 Å². The van der Waals surface area contributed by atoms with Crippen LogP contribution in [0.25, 0.3) is 0 Å². The second-order valence-corrected chi connectivity index (χ2v) is 5.46. The standard InChI is InChI=1S/C14H17ClN2OS/c1-3-12-6-11(8-15)7-14(17-12)18-5-4-13-10(2)16-9-19-13/h6-7,9H,3-5,8H2,1-2H3. The number of ether oxygens (including phenoxy) is 1. The second kappa shape index (κ2) is 6.87. The van der Waals surface area contributed by atoms with Crippen molar-refractivity contribution in [2.24, 2.45) is 0 Å². The predicted octanol–water partition coefficient (Wildman–Crippen LogP) is 3.77. The molecule has 2 aromatic rings. The number of aromatic nitrogens is 2. The van der Waals surface area contributed by atoms with Gasteiger partial charge in [0.25, 0.3) is 0 Å². The molecule has 0 aliphatic rings. The Kier molecular flexibility index (Phi) is 5.16. The first-order valence-electron chi connectivity index (χ1n) is 6.30. The van der Waals surface area contributed by atoms with E-state index in [9.17, 15) is 0 Å². The summed E-state index contributed by atoms with van der Waals surface area (Å²) >= 11 is 7.54. The minimum Gasteiger partial charge on any atom is -0.477 e. The molecule has 102 valence electrons. The number of hydrogen-bond acceptors (Lipinski definition) is 4. The number of nitrogens with zero attached hydrogens (tertiary/aromatic N) is 2. The molecule has 0 bridgehead atoms. The molecule has 0 aromatic carbocycles. The molecule has 0 N–H and O–H groups in total. The average Bonchev–Trinajstić information content (AvgIpc) is 2.84. The summed E-state index contributed by atoms with van der Waals surface area (Å²) in [6, 6.07) is 3.93. The lowest BCUT2D eigenvalue weighted by atomic mass is 10.2. The molecule has 2 rings (SSSR count). The van der Waals surface area contributed by atoms with Crippen LogP contribution in [0.2, 0.25) is 0 Å². The third kappa shape index (κ3) is 3.91. The summed E-state index contributed by atoms with van der Waals surface area (Å²) in [5, 5.41) is 0. The number of thiazole rings is 1. The predicted molar refractivity (Wildman–Crippen MR) is 79.2 cm³/mol. The Morgan fingerprint density at radius 3 is 2.84 bits per heavy atom. The van der Waals surface area contributed by atoms with Crippen LogP contribution in [0.5, 0.6) is 5.88 Å². The second-order valence-electron chi connectivity index (χ2n) is 4.25. The van der Waals surface area contributed by atoms with Gasteiger partial charge in [0, 0.05) is 28.9 Å². The average molecular weight is 297 g/mol. The van der Waals surface area contributed by atoms with Crippen molar-refractivity contribution < 1.29 is 4.74 Å². The molecule has 0 aliphatic heterocycles. The Labute approximate surface area is 122 Å². The summed E-state index contributed by atoms with van der Waals surface area (Å²) < 4.78 is 5.73. The van der Waals surface area contributed by atoms with E-state index in [0.29, 0.717) is 18.4 Å². The molecule has 0 unspecified atom stereocenters. The quantitative estimate of drug-likeness (QED) is 0.761. The topological polar surface area (TPSA) is 35.0 Å². The highest BCUT2D eigenvalue weighted by Crippen LogP contribution is 2.17. The zero-order valence-electron chi connectivity index (χ0n) is 11.1. The summed E-state index contributed by atoms with van der Waals surface area (Å²) in [6.45, 7) is 4.71. The number of halogens is 1. The molecular weight excluding hydrogens is 280 g/mol. The van der Waals surface area contributed by atoms with Crippen LogP contribution in [0.15, 0.2) is 17.6 Å². The lowest BCUT2D eigenvalue weighted by Crippen LogP contribution is -2.04. The van der Waals surface area contributed by atoms with Gasteiger partial charge in [-0.05, 0) is 25.0 Å². The largest absolute Gasteiger partial charge is 0.477 e. The van der Waals surface area contributed by atoms with Crippen LogP contribution >= 0.6 is 22.9 Å².